The summed E-state index contributed by atoms with van der Waals surface area (Å²) in [6.45, 7) is 4.04. The topological polar surface area (TPSA) is 46.9 Å². The van der Waals surface area contributed by atoms with Crippen molar-refractivity contribution in [2.45, 2.75) is 32.6 Å². The van der Waals surface area contributed by atoms with Gasteiger partial charge in [0, 0.05) is 12.1 Å². The Bertz CT molecular complexity index is 429. The van der Waals surface area contributed by atoms with Gasteiger partial charge in [0.05, 0.1) is 5.69 Å². The smallest absolute Gasteiger partial charge is 0.247 e. The second-order valence-electron chi connectivity index (χ2n) is 5.19. The minimum atomic E-state index is 0.177. The lowest BCUT2D eigenvalue weighted by molar-refractivity contribution is 0.0700. The van der Waals surface area contributed by atoms with Crippen molar-refractivity contribution in [1.82, 2.24) is 15.1 Å². The van der Waals surface area contributed by atoms with Gasteiger partial charge >= 0.3 is 0 Å². The van der Waals surface area contributed by atoms with Crippen molar-refractivity contribution in [2.75, 3.05) is 13.1 Å². The Morgan fingerprint density at radius 2 is 2.12 bits per heavy atom. The zero-order valence-electron chi connectivity index (χ0n) is 9.62. The molecule has 0 saturated carbocycles. The van der Waals surface area contributed by atoms with E-state index in [9.17, 15) is 4.79 Å². The average Bonchev–Trinajstić information content (AvgIpc) is 2.60. The third-order valence-corrected chi connectivity index (χ3v) is 3.89. The highest BCUT2D eigenvalue weighted by molar-refractivity contribution is 5.80. The summed E-state index contributed by atoms with van der Waals surface area (Å²) in [5.74, 6) is 0.177. The molecule has 1 saturated heterocycles. The van der Waals surface area contributed by atoms with Gasteiger partial charge in [0.1, 0.15) is 0 Å². The molecule has 1 aromatic rings. The summed E-state index contributed by atoms with van der Waals surface area (Å²) >= 11 is 0. The van der Waals surface area contributed by atoms with Gasteiger partial charge in [0.2, 0.25) is 5.91 Å². The summed E-state index contributed by atoms with van der Waals surface area (Å²) in [6.07, 6.45) is 3.91. The fraction of sp³-hybridized carbons (Fsp3) is 0.667. The van der Waals surface area contributed by atoms with E-state index in [2.05, 4.69) is 16.5 Å². The van der Waals surface area contributed by atoms with Gasteiger partial charge in [0.15, 0.2) is 0 Å². The third kappa shape index (κ3) is 1.48. The molecule has 4 heteroatoms. The number of carbonyl (C=O) groups excluding carboxylic acids is 1. The highest BCUT2D eigenvalue weighted by atomic mass is 16.2. The minimum absolute atomic E-state index is 0.177. The number of carbonyl (C=O) groups is 1. The zero-order valence-corrected chi connectivity index (χ0v) is 9.62. The number of fused-ring (bicyclic) bond motifs is 1. The van der Waals surface area contributed by atoms with Crippen molar-refractivity contribution in [1.29, 1.82) is 0 Å². The molecule has 86 valence electrons. The first-order valence-electron chi connectivity index (χ1n) is 5.98. The quantitative estimate of drug-likeness (QED) is 0.712. The fourth-order valence-corrected chi connectivity index (χ4v) is 3.05. The Labute approximate surface area is 95.0 Å². The van der Waals surface area contributed by atoms with Crippen molar-refractivity contribution in [2.24, 2.45) is 5.41 Å². The molecule has 3 rings (SSSR count). The van der Waals surface area contributed by atoms with Gasteiger partial charge in [-0.2, -0.15) is 5.10 Å². The lowest BCUT2D eigenvalue weighted by Gasteiger charge is -2.39. The summed E-state index contributed by atoms with van der Waals surface area (Å²) in [4.78, 5) is 12.1. The molecule has 2 aliphatic heterocycles. The molecule has 4 nitrogen and oxygen atoms in total. The number of hydrogen-bond acceptors (Lipinski definition) is 3. The second-order valence-corrected chi connectivity index (χ2v) is 5.19. The van der Waals surface area contributed by atoms with E-state index in [1.54, 1.807) is 4.68 Å². The number of rotatable bonds is 0. The van der Waals surface area contributed by atoms with Gasteiger partial charge < -0.3 is 5.32 Å². The zero-order chi connectivity index (χ0) is 11.2. The predicted octanol–water partition coefficient (Wildman–Crippen LogP) is 1.15. The van der Waals surface area contributed by atoms with Crippen LogP contribution >= 0.6 is 0 Å². The molecule has 0 bridgehead atoms. The first-order valence-corrected chi connectivity index (χ1v) is 5.98. The maximum Gasteiger partial charge on any atom is 0.247 e. The molecule has 1 aromatic heterocycles. The largest absolute Gasteiger partial charge is 0.317 e. The van der Waals surface area contributed by atoms with Gasteiger partial charge in [-0.25, -0.2) is 4.68 Å². The Hall–Kier alpha value is -1.16. The summed E-state index contributed by atoms with van der Waals surface area (Å²) < 4.78 is 1.61. The van der Waals surface area contributed by atoms with Gasteiger partial charge in [-0.15, -0.1) is 0 Å². The molecule has 1 fully saturated rings. The molecule has 0 atom stereocenters. The van der Waals surface area contributed by atoms with Gasteiger partial charge in [-0.3, -0.25) is 4.79 Å². The van der Waals surface area contributed by atoms with E-state index < -0.39 is 0 Å². The molecule has 16 heavy (non-hydrogen) atoms. The Morgan fingerprint density at radius 3 is 2.88 bits per heavy atom. The molecule has 0 aliphatic carbocycles. The van der Waals surface area contributed by atoms with Crippen LogP contribution in [-0.2, 0) is 6.42 Å². The number of nitrogens with one attached hydrogen (secondary N) is 1. The standard InChI is InChI=1S/C12H17N3O/c1-9-6-10-7-12(2-4-13-5-3-12)8-11(16)15(10)14-9/h6,13H,2-5,7-8H2,1H3. The van der Waals surface area contributed by atoms with Crippen LogP contribution in [0.3, 0.4) is 0 Å². The number of aryl methyl sites for hydroxylation is 1. The van der Waals surface area contributed by atoms with Crippen molar-refractivity contribution >= 4 is 5.91 Å². The van der Waals surface area contributed by atoms with E-state index in [1.807, 2.05) is 6.92 Å². The molecular weight excluding hydrogens is 202 g/mol. The van der Waals surface area contributed by atoms with Crippen molar-refractivity contribution < 1.29 is 4.79 Å². The highest BCUT2D eigenvalue weighted by Gasteiger charge is 2.40. The first kappa shape index (κ1) is 10.0. The summed E-state index contributed by atoms with van der Waals surface area (Å²) in [5, 5.41) is 7.63. The molecular formula is C12H17N3O. The number of piperidine rings is 1. The molecule has 3 heterocycles. The molecule has 2 aliphatic rings. The van der Waals surface area contributed by atoms with Gasteiger partial charge in [0.25, 0.3) is 0 Å². The van der Waals surface area contributed by atoms with E-state index in [0.29, 0.717) is 6.42 Å². The van der Waals surface area contributed by atoms with Crippen LogP contribution in [0.2, 0.25) is 0 Å². The Morgan fingerprint density at radius 1 is 1.38 bits per heavy atom. The Balaban J connectivity index is 1.96. The molecule has 0 amide bonds. The average molecular weight is 219 g/mol. The van der Waals surface area contributed by atoms with E-state index >= 15 is 0 Å². The summed E-state index contributed by atoms with van der Waals surface area (Å²) in [7, 11) is 0. The van der Waals surface area contributed by atoms with Crippen LogP contribution in [-0.4, -0.2) is 28.8 Å². The highest BCUT2D eigenvalue weighted by Crippen LogP contribution is 2.39. The predicted molar refractivity (Wildman–Crippen MR) is 60.4 cm³/mol. The maximum absolute atomic E-state index is 12.1. The molecule has 0 radical (unpaired) electrons. The van der Waals surface area contributed by atoms with E-state index in [1.165, 1.54) is 0 Å². The fourth-order valence-electron chi connectivity index (χ4n) is 3.05. The van der Waals surface area contributed by atoms with E-state index in [4.69, 9.17) is 0 Å². The van der Waals surface area contributed by atoms with Crippen LogP contribution in [0.25, 0.3) is 0 Å². The lowest BCUT2D eigenvalue weighted by atomic mass is 9.71. The lowest BCUT2D eigenvalue weighted by Crippen LogP contribution is -2.43. The summed E-state index contributed by atoms with van der Waals surface area (Å²) in [5.41, 5.74) is 2.27. The van der Waals surface area contributed by atoms with Crippen LogP contribution in [0, 0.1) is 12.3 Å². The summed E-state index contributed by atoms with van der Waals surface area (Å²) in [6, 6.07) is 2.06. The van der Waals surface area contributed by atoms with Crippen molar-refractivity contribution in [3.63, 3.8) is 0 Å². The van der Waals surface area contributed by atoms with Crippen molar-refractivity contribution in [3.05, 3.63) is 17.5 Å². The van der Waals surface area contributed by atoms with Crippen LogP contribution in [0.15, 0.2) is 6.07 Å². The maximum atomic E-state index is 12.1. The van der Waals surface area contributed by atoms with E-state index in [-0.39, 0.29) is 11.3 Å². The second kappa shape index (κ2) is 3.42. The van der Waals surface area contributed by atoms with Gasteiger partial charge in [-0.1, -0.05) is 0 Å². The van der Waals surface area contributed by atoms with Crippen LogP contribution in [0.1, 0.15) is 35.4 Å². The number of aromatic nitrogens is 2. The number of hydrogen-bond donors (Lipinski definition) is 1. The number of nitrogens with zero attached hydrogens (tertiary/aromatic N) is 2. The molecule has 0 aromatic carbocycles. The monoisotopic (exact) mass is 219 g/mol. The normalized spacial score (nSPS) is 23.4. The molecule has 0 unspecified atom stereocenters. The third-order valence-electron chi connectivity index (χ3n) is 3.89. The van der Waals surface area contributed by atoms with Crippen LogP contribution in [0.4, 0.5) is 0 Å². The molecule has 1 N–H and O–H groups in total. The Kier molecular flexibility index (Phi) is 2.14. The minimum Gasteiger partial charge on any atom is -0.317 e. The van der Waals surface area contributed by atoms with Gasteiger partial charge in [-0.05, 0) is 50.8 Å². The first-order chi connectivity index (χ1) is 7.69. The SMILES string of the molecule is Cc1cc2n(n1)C(=O)CC1(CCNCC1)C2. The van der Waals surface area contributed by atoms with Crippen LogP contribution < -0.4 is 5.32 Å². The molecule has 1 spiro atoms. The van der Waals surface area contributed by atoms with Crippen LogP contribution in [0.5, 0.6) is 0 Å². The van der Waals surface area contributed by atoms with E-state index in [0.717, 1.165) is 43.7 Å². The van der Waals surface area contributed by atoms with Crippen molar-refractivity contribution in [3.8, 4) is 0 Å².